The van der Waals surface area contributed by atoms with Crippen molar-refractivity contribution in [3.63, 3.8) is 0 Å². The molecule has 0 aliphatic carbocycles. The molecule has 1 atom stereocenters. The average molecular weight is 246 g/mol. The van der Waals surface area contributed by atoms with Gasteiger partial charge in [-0.25, -0.2) is 4.79 Å². The summed E-state index contributed by atoms with van der Waals surface area (Å²) >= 11 is 0. The molecule has 0 heterocycles. The molecular weight excluding hydrogens is 222 g/mol. The van der Waals surface area contributed by atoms with Crippen LogP contribution in [0, 0.1) is 0 Å². The Hall–Kier alpha value is -1.10. The van der Waals surface area contributed by atoms with Gasteiger partial charge in [0.15, 0.2) is 6.10 Å². The quantitative estimate of drug-likeness (QED) is 0.527. The first kappa shape index (κ1) is 15.9. The summed E-state index contributed by atoms with van der Waals surface area (Å²) in [5.74, 6) is 0.000738. The Balaban J connectivity index is 4.38. The Morgan fingerprint density at radius 2 is 1.65 bits per heavy atom. The molecule has 0 aromatic carbocycles. The zero-order valence-electron chi connectivity index (χ0n) is 11.6. The van der Waals surface area contributed by atoms with Crippen LogP contribution in [0.4, 0.5) is 4.79 Å². The summed E-state index contributed by atoms with van der Waals surface area (Å²) in [6.45, 7) is 5.56. The highest BCUT2D eigenvalue weighted by atomic mass is 16.7. The van der Waals surface area contributed by atoms with E-state index in [0.717, 1.165) is 0 Å². The Morgan fingerprint density at radius 3 is 2.00 bits per heavy atom. The standard InChI is InChI=1S/C12H24NO4/c1-9(2)16-12(15)17-11(7-10(3)14)8-13(4,5)6/h9,11H,7-8H2,1-6H3/q+1/t11-/m1/s1. The number of ketones is 1. The van der Waals surface area contributed by atoms with E-state index in [-0.39, 0.29) is 18.3 Å². The molecule has 0 fully saturated rings. The van der Waals surface area contributed by atoms with E-state index >= 15 is 0 Å². The van der Waals surface area contributed by atoms with Crippen molar-refractivity contribution < 1.29 is 23.5 Å². The summed E-state index contributed by atoms with van der Waals surface area (Å²) in [5, 5.41) is 0. The SMILES string of the molecule is CC(=O)C[C@H](C[N+](C)(C)C)OC(=O)OC(C)C. The molecule has 0 amide bonds. The largest absolute Gasteiger partial charge is 0.509 e. The van der Waals surface area contributed by atoms with Crippen molar-refractivity contribution in [1.29, 1.82) is 0 Å². The summed E-state index contributed by atoms with van der Waals surface area (Å²) in [7, 11) is 5.93. The van der Waals surface area contributed by atoms with Gasteiger partial charge in [0, 0.05) is 6.42 Å². The fourth-order valence-corrected chi connectivity index (χ4v) is 1.43. The summed E-state index contributed by atoms with van der Waals surface area (Å²) in [6, 6.07) is 0. The number of hydrogen-bond acceptors (Lipinski definition) is 4. The van der Waals surface area contributed by atoms with Gasteiger partial charge in [-0.2, -0.15) is 0 Å². The van der Waals surface area contributed by atoms with E-state index in [1.54, 1.807) is 13.8 Å². The number of Topliss-reactive ketones (excluding diaryl/α,β-unsaturated/α-hetero) is 1. The summed E-state index contributed by atoms with van der Waals surface area (Å²) < 4.78 is 10.7. The minimum atomic E-state index is -0.709. The van der Waals surface area contributed by atoms with Gasteiger partial charge in [0.2, 0.25) is 0 Å². The van der Waals surface area contributed by atoms with Crippen molar-refractivity contribution in [2.45, 2.75) is 39.4 Å². The maximum absolute atomic E-state index is 11.4. The van der Waals surface area contributed by atoms with Gasteiger partial charge in [0.05, 0.1) is 27.2 Å². The van der Waals surface area contributed by atoms with E-state index < -0.39 is 12.3 Å². The lowest BCUT2D eigenvalue weighted by atomic mass is 10.2. The molecule has 100 valence electrons. The van der Waals surface area contributed by atoms with Gasteiger partial charge in [0.1, 0.15) is 12.3 Å². The Kier molecular flexibility index (Phi) is 6.16. The number of carbonyl (C=O) groups excluding carboxylic acids is 2. The van der Waals surface area contributed by atoms with Gasteiger partial charge in [-0.05, 0) is 20.8 Å². The minimum absolute atomic E-state index is 0.000738. The van der Waals surface area contributed by atoms with E-state index in [9.17, 15) is 9.59 Å². The van der Waals surface area contributed by atoms with E-state index in [1.165, 1.54) is 6.92 Å². The molecule has 17 heavy (non-hydrogen) atoms. The minimum Gasteiger partial charge on any atom is -0.432 e. The maximum atomic E-state index is 11.4. The first-order chi connectivity index (χ1) is 7.60. The molecule has 0 bridgehead atoms. The number of rotatable bonds is 6. The number of ether oxygens (including phenoxy) is 2. The van der Waals surface area contributed by atoms with Crippen LogP contribution in [0.2, 0.25) is 0 Å². The third-order valence-corrected chi connectivity index (χ3v) is 1.86. The zero-order valence-corrected chi connectivity index (χ0v) is 11.6. The molecule has 0 aromatic rings. The molecule has 5 nitrogen and oxygen atoms in total. The molecule has 0 rings (SSSR count). The number of quaternary nitrogens is 1. The smallest absolute Gasteiger partial charge is 0.432 e. The third kappa shape index (κ3) is 9.81. The van der Waals surface area contributed by atoms with Crippen LogP contribution in [0.15, 0.2) is 0 Å². The van der Waals surface area contributed by atoms with Crippen LogP contribution in [0.25, 0.3) is 0 Å². The van der Waals surface area contributed by atoms with Crippen LogP contribution in [-0.2, 0) is 14.3 Å². The fraction of sp³-hybridized carbons (Fsp3) is 0.833. The van der Waals surface area contributed by atoms with E-state index in [0.29, 0.717) is 11.0 Å². The van der Waals surface area contributed by atoms with Crippen molar-refractivity contribution >= 4 is 11.9 Å². The van der Waals surface area contributed by atoms with Crippen molar-refractivity contribution in [1.82, 2.24) is 0 Å². The Bertz CT molecular complexity index is 268. The molecule has 0 radical (unpaired) electrons. The van der Waals surface area contributed by atoms with Crippen LogP contribution in [0.5, 0.6) is 0 Å². The van der Waals surface area contributed by atoms with Crippen molar-refractivity contribution in [3.05, 3.63) is 0 Å². The van der Waals surface area contributed by atoms with Crippen LogP contribution >= 0.6 is 0 Å². The third-order valence-electron chi connectivity index (χ3n) is 1.86. The number of carbonyl (C=O) groups is 2. The molecular formula is C12H24NO4+. The van der Waals surface area contributed by atoms with E-state index in [4.69, 9.17) is 9.47 Å². The Labute approximate surface area is 103 Å². The molecule has 0 saturated carbocycles. The fourth-order valence-electron chi connectivity index (χ4n) is 1.43. The number of likely N-dealkylation sites (N-methyl/N-ethyl adjacent to an activating group) is 1. The molecule has 0 spiro atoms. The summed E-state index contributed by atoms with van der Waals surface area (Å²) in [6.07, 6.45) is -1.13. The summed E-state index contributed by atoms with van der Waals surface area (Å²) in [5.41, 5.74) is 0. The second kappa shape index (κ2) is 6.59. The molecule has 0 aliphatic heterocycles. The second-order valence-corrected chi connectivity index (χ2v) is 5.54. The first-order valence-corrected chi connectivity index (χ1v) is 5.77. The molecule has 5 heteroatoms. The highest BCUT2D eigenvalue weighted by Crippen LogP contribution is 2.07. The average Bonchev–Trinajstić information content (AvgIpc) is 1.95. The lowest BCUT2D eigenvalue weighted by Crippen LogP contribution is -2.43. The van der Waals surface area contributed by atoms with Crippen molar-refractivity contribution in [2.24, 2.45) is 0 Å². The van der Waals surface area contributed by atoms with Gasteiger partial charge < -0.3 is 14.0 Å². The number of hydrogen-bond donors (Lipinski definition) is 0. The van der Waals surface area contributed by atoms with Gasteiger partial charge >= 0.3 is 6.16 Å². The van der Waals surface area contributed by atoms with E-state index in [2.05, 4.69) is 0 Å². The highest BCUT2D eigenvalue weighted by molar-refractivity contribution is 5.76. The first-order valence-electron chi connectivity index (χ1n) is 5.77. The van der Waals surface area contributed by atoms with Crippen molar-refractivity contribution in [3.8, 4) is 0 Å². The maximum Gasteiger partial charge on any atom is 0.509 e. The molecule has 0 unspecified atom stereocenters. The molecule has 0 N–H and O–H groups in total. The van der Waals surface area contributed by atoms with Crippen LogP contribution < -0.4 is 0 Å². The topological polar surface area (TPSA) is 52.6 Å². The number of nitrogens with zero attached hydrogens (tertiary/aromatic N) is 1. The molecule has 0 aromatic heterocycles. The van der Waals surface area contributed by atoms with Crippen LogP contribution in [-0.4, -0.2) is 56.3 Å². The van der Waals surface area contributed by atoms with Gasteiger partial charge in [-0.3, -0.25) is 4.79 Å². The molecule has 0 saturated heterocycles. The van der Waals surface area contributed by atoms with Crippen LogP contribution in [0.3, 0.4) is 0 Å². The zero-order chi connectivity index (χ0) is 13.6. The van der Waals surface area contributed by atoms with Gasteiger partial charge in [-0.15, -0.1) is 0 Å². The summed E-state index contributed by atoms with van der Waals surface area (Å²) in [4.78, 5) is 22.5. The molecule has 0 aliphatic rings. The van der Waals surface area contributed by atoms with Crippen LogP contribution in [0.1, 0.15) is 27.2 Å². The predicted molar refractivity (Wildman–Crippen MR) is 64.7 cm³/mol. The lowest BCUT2D eigenvalue weighted by molar-refractivity contribution is -0.873. The monoisotopic (exact) mass is 246 g/mol. The van der Waals surface area contributed by atoms with Gasteiger partial charge in [-0.1, -0.05) is 0 Å². The normalized spacial score (nSPS) is 13.4. The lowest BCUT2D eigenvalue weighted by Gasteiger charge is -2.28. The van der Waals surface area contributed by atoms with E-state index in [1.807, 2.05) is 21.1 Å². The second-order valence-electron chi connectivity index (χ2n) is 5.54. The van der Waals surface area contributed by atoms with Crippen molar-refractivity contribution in [2.75, 3.05) is 27.7 Å². The van der Waals surface area contributed by atoms with Gasteiger partial charge in [0.25, 0.3) is 0 Å². The predicted octanol–water partition coefficient (Wildman–Crippen LogP) is 1.60. The Morgan fingerprint density at radius 1 is 1.12 bits per heavy atom. The highest BCUT2D eigenvalue weighted by Gasteiger charge is 2.24.